The van der Waals surface area contributed by atoms with Gasteiger partial charge >= 0.3 is 6.18 Å². The number of morpholine rings is 1. The Morgan fingerprint density at radius 2 is 1.64 bits per heavy atom. The van der Waals surface area contributed by atoms with Crippen molar-refractivity contribution in [1.82, 2.24) is 9.97 Å². The number of rotatable bonds is 7. The number of aryl methyl sites for hydroxylation is 2. The van der Waals surface area contributed by atoms with E-state index in [0.29, 0.717) is 43.3 Å². The lowest BCUT2D eigenvalue weighted by Crippen LogP contribution is -2.37. The second-order valence-corrected chi connectivity index (χ2v) is 8.80. The van der Waals surface area contributed by atoms with E-state index in [1.807, 2.05) is 4.90 Å². The Bertz CT molecular complexity index is 1240. The van der Waals surface area contributed by atoms with Crippen LogP contribution in [0.4, 0.5) is 23.4 Å². The lowest BCUT2D eigenvalue weighted by molar-refractivity contribution is -0.138. The van der Waals surface area contributed by atoms with E-state index in [9.17, 15) is 22.4 Å². The van der Waals surface area contributed by atoms with Crippen molar-refractivity contribution in [2.75, 3.05) is 31.2 Å². The average Bonchev–Trinajstić information content (AvgIpc) is 2.86. The van der Waals surface area contributed by atoms with E-state index in [1.54, 1.807) is 44.2 Å². The molecule has 0 bridgehead atoms. The van der Waals surface area contributed by atoms with Crippen LogP contribution in [-0.4, -0.2) is 42.1 Å². The second kappa shape index (κ2) is 10.7. The first-order valence-electron chi connectivity index (χ1n) is 11.8. The van der Waals surface area contributed by atoms with Crippen LogP contribution in [-0.2, 0) is 35.0 Å². The first-order valence-corrected chi connectivity index (χ1v) is 11.8. The summed E-state index contributed by atoms with van der Waals surface area (Å²) in [5.74, 6) is -0.0246. The predicted molar refractivity (Wildman–Crippen MR) is 128 cm³/mol. The number of ether oxygens (including phenoxy) is 1. The molecule has 2 heterocycles. The van der Waals surface area contributed by atoms with Crippen molar-refractivity contribution < 1.29 is 27.1 Å². The largest absolute Gasteiger partial charge is 0.416 e. The molecule has 0 unspecified atom stereocenters. The molecule has 5 nitrogen and oxygen atoms in total. The van der Waals surface area contributed by atoms with Crippen LogP contribution >= 0.6 is 0 Å². The van der Waals surface area contributed by atoms with Gasteiger partial charge in [-0.05, 0) is 36.1 Å². The second-order valence-electron chi connectivity index (χ2n) is 8.80. The molecule has 1 saturated heterocycles. The van der Waals surface area contributed by atoms with E-state index in [0.717, 1.165) is 11.6 Å². The molecule has 4 rings (SSSR count). The molecule has 3 aromatic rings. The lowest BCUT2D eigenvalue weighted by atomic mass is 9.97. The Morgan fingerprint density at radius 3 is 2.28 bits per heavy atom. The Hall–Kier alpha value is -3.33. The average molecular weight is 502 g/mol. The van der Waals surface area contributed by atoms with Crippen LogP contribution in [0.5, 0.6) is 0 Å². The van der Waals surface area contributed by atoms with Crippen molar-refractivity contribution in [3.63, 3.8) is 0 Å². The number of anilines is 1. The molecule has 0 aliphatic carbocycles. The maximum Gasteiger partial charge on any atom is 0.416 e. The van der Waals surface area contributed by atoms with Crippen LogP contribution in [0.25, 0.3) is 11.4 Å². The van der Waals surface area contributed by atoms with Crippen LogP contribution in [0.1, 0.15) is 34.9 Å². The first kappa shape index (κ1) is 25.8. The molecule has 190 valence electrons. The van der Waals surface area contributed by atoms with Gasteiger partial charge in [-0.15, -0.1) is 0 Å². The minimum atomic E-state index is -4.46. The van der Waals surface area contributed by atoms with Gasteiger partial charge in [-0.2, -0.15) is 13.2 Å². The molecule has 0 N–H and O–H groups in total. The monoisotopic (exact) mass is 501 g/mol. The molecule has 1 aliphatic rings. The molecule has 0 saturated carbocycles. The number of aromatic nitrogens is 2. The smallest absolute Gasteiger partial charge is 0.378 e. The van der Waals surface area contributed by atoms with E-state index in [-0.39, 0.29) is 42.1 Å². The number of nitrogens with zero attached hydrogens (tertiary/aromatic N) is 3. The van der Waals surface area contributed by atoms with Crippen molar-refractivity contribution in [2.24, 2.45) is 0 Å². The van der Waals surface area contributed by atoms with E-state index in [4.69, 9.17) is 4.74 Å². The van der Waals surface area contributed by atoms with E-state index in [2.05, 4.69) is 9.97 Å². The number of ketones is 1. The van der Waals surface area contributed by atoms with E-state index in [1.165, 1.54) is 6.07 Å². The predicted octanol–water partition coefficient (Wildman–Crippen LogP) is 5.36. The first-order chi connectivity index (χ1) is 17.2. The summed E-state index contributed by atoms with van der Waals surface area (Å²) in [6.07, 6.45) is -4.19. The molecule has 36 heavy (non-hydrogen) atoms. The standard InChI is InChI=1S/C27H27F4N3O2/c1-3-20-7-6-19(16-23(20)27(29,30)31)15-22(35)14-18-4-8-21(9-5-18)25-32-17(2)24(28)26(33-25)34-10-12-36-13-11-34/h4-9,16H,3,10-15H2,1-2H3. The highest BCUT2D eigenvalue weighted by atomic mass is 19.4. The number of Topliss-reactive ketones (excluding diaryl/α,β-unsaturated/α-hetero) is 1. The zero-order valence-electron chi connectivity index (χ0n) is 20.2. The van der Waals surface area contributed by atoms with Gasteiger partial charge in [-0.25, -0.2) is 14.4 Å². The third kappa shape index (κ3) is 5.90. The number of carbonyl (C=O) groups is 1. The number of halogens is 4. The van der Waals surface area contributed by atoms with E-state index < -0.39 is 17.6 Å². The molecule has 0 atom stereocenters. The van der Waals surface area contributed by atoms with Crippen molar-refractivity contribution in [1.29, 1.82) is 0 Å². The summed E-state index contributed by atoms with van der Waals surface area (Å²) in [6, 6.07) is 11.1. The Balaban J connectivity index is 1.47. The van der Waals surface area contributed by atoms with E-state index >= 15 is 0 Å². The van der Waals surface area contributed by atoms with Crippen molar-refractivity contribution in [2.45, 2.75) is 39.3 Å². The fourth-order valence-corrected chi connectivity index (χ4v) is 4.25. The molecule has 1 aliphatic heterocycles. The van der Waals surface area contributed by atoms with Gasteiger partial charge in [0.15, 0.2) is 17.5 Å². The van der Waals surface area contributed by atoms with Crippen molar-refractivity contribution in [3.8, 4) is 11.4 Å². The quantitative estimate of drug-likeness (QED) is 0.408. The van der Waals surface area contributed by atoms with Crippen LogP contribution < -0.4 is 4.90 Å². The zero-order valence-corrected chi connectivity index (χ0v) is 20.2. The molecule has 1 fully saturated rings. The Kier molecular flexibility index (Phi) is 7.68. The number of benzene rings is 2. The topological polar surface area (TPSA) is 55.3 Å². The SMILES string of the molecule is CCc1ccc(CC(=O)Cc2ccc(-c3nc(C)c(F)c(N4CCOCC4)n3)cc2)cc1C(F)(F)F. The molecule has 0 radical (unpaired) electrons. The number of alkyl halides is 3. The van der Waals surface area contributed by atoms with Crippen LogP contribution in [0, 0.1) is 12.7 Å². The molecule has 1 aromatic heterocycles. The van der Waals surface area contributed by atoms with Gasteiger partial charge < -0.3 is 9.64 Å². The number of hydrogen-bond acceptors (Lipinski definition) is 5. The van der Waals surface area contributed by atoms with Crippen molar-refractivity contribution >= 4 is 11.6 Å². The Labute approximate surface area is 207 Å². The summed E-state index contributed by atoms with van der Waals surface area (Å²) in [6.45, 7) is 5.34. The molecule has 0 amide bonds. The third-order valence-corrected chi connectivity index (χ3v) is 6.19. The molecule has 0 spiro atoms. The number of hydrogen-bond donors (Lipinski definition) is 0. The third-order valence-electron chi connectivity index (χ3n) is 6.19. The summed E-state index contributed by atoms with van der Waals surface area (Å²) in [7, 11) is 0. The van der Waals surface area contributed by atoms with Gasteiger partial charge in [-0.3, -0.25) is 4.79 Å². The summed E-state index contributed by atoms with van der Waals surface area (Å²) in [4.78, 5) is 23.2. The molecular formula is C27H27F4N3O2. The molecule has 2 aromatic carbocycles. The molecule has 9 heteroatoms. The van der Waals surface area contributed by atoms with Crippen molar-refractivity contribution in [3.05, 3.63) is 76.2 Å². The zero-order chi connectivity index (χ0) is 25.9. The van der Waals surface area contributed by atoms with Gasteiger partial charge in [0.2, 0.25) is 0 Å². The highest BCUT2D eigenvalue weighted by Gasteiger charge is 2.33. The van der Waals surface area contributed by atoms with Crippen LogP contribution in [0.15, 0.2) is 42.5 Å². The maximum atomic E-state index is 14.7. The lowest BCUT2D eigenvalue weighted by Gasteiger charge is -2.28. The van der Waals surface area contributed by atoms with Gasteiger partial charge in [-0.1, -0.05) is 43.3 Å². The fourth-order valence-electron chi connectivity index (χ4n) is 4.25. The van der Waals surface area contributed by atoms with Crippen LogP contribution in [0.3, 0.4) is 0 Å². The summed E-state index contributed by atoms with van der Waals surface area (Å²) >= 11 is 0. The van der Waals surface area contributed by atoms with Gasteiger partial charge in [0.05, 0.1) is 24.5 Å². The highest BCUT2D eigenvalue weighted by Crippen LogP contribution is 2.33. The number of carbonyl (C=O) groups excluding carboxylic acids is 1. The Morgan fingerprint density at radius 1 is 1.00 bits per heavy atom. The van der Waals surface area contributed by atoms with Gasteiger partial charge in [0.25, 0.3) is 0 Å². The minimum absolute atomic E-state index is 0.0828. The summed E-state index contributed by atoms with van der Waals surface area (Å²) < 4.78 is 60.0. The molecular weight excluding hydrogens is 474 g/mol. The van der Waals surface area contributed by atoms with Gasteiger partial charge in [0, 0.05) is 31.5 Å². The van der Waals surface area contributed by atoms with Crippen LogP contribution in [0.2, 0.25) is 0 Å². The van der Waals surface area contributed by atoms with Gasteiger partial charge in [0.1, 0.15) is 5.78 Å². The minimum Gasteiger partial charge on any atom is -0.378 e. The highest BCUT2D eigenvalue weighted by molar-refractivity contribution is 5.83. The summed E-state index contributed by atoms with van der Waals surface area (Å²) in [5, 5.41) is 0. The summed E-state index contributed by atoms with van der Waals surface area (Å²) in [5.41, 5.74) is 1.50. The maximum absolute atomic E-state index is 14.7. The normalized spacial score (nSPS) is 14.2. The fraction of sp³-hybridized carbons (Fsp3) is 0.370.